The summed E-state index contributed by atoms with van der Waals surface area (Å²) in [7, 11) is 0. The molecule has 19 heavy (non-hydrogen) atoms. The fraction of sp³-hybridized carbons (Fsp3) is 0.818. The van der Waals surface area contributed by atoms with E-state index in [1.54, 1.807) is 0 Å². The third-order valence-corrected chi connectivity index (χ3v) is 3.00. The Bertz CT molecular complexity index is 305. The average Bonchev–Trinajstić information content (AvgIpc) is 2.96. The summed E-state index contributed by atoms with van der Waals surface area (Å²) in [5, 5.41) is 39.7. The van der Waals surface area contributed by atoms with Crippen LogP contribution in [0.25, 0.3) is 0 Å². The highest BCUT2D eigenvalue weighted by atomic mass is 16.6. The van der Waals surface area contributed by atoms with Crippen molar-refractivity contribution in [3.8, 4) is 0 Å². The zero-order valence-corrected chi connectivity index (χ0v) is 10.3. The number of hydrogen-bond acceptors (Lipinski definition) is 8. The zero-order valence-electron chi connectivity index (χ0n) is 10.3. The van der Waals surface area contributed by atoms with Gasteiger partial charge in [-0.25, -0.2) is 0 Å². The molecule has 0 aromatic carbocycles. The molecular weight excluding hydrogens is 258 g/mol. The van der Waals surface area contributed by atoms with Crippen LogP contribution in [0.2, 0.25) is 0 Å². The minimum atomic E-state index is -1.80. The predicted molar refractivity (Wildman–Crippen MR) is 62.1 cm³/mol. The molecule has 0 aromatic rings. The number of esters is 1. The molecule has 0 bridgehead atoms. The molecule has 1 aliphatic rings. The second kappa shape index (κ2) is 7.51. The van der Waals surface area contributed by atoms with Crippen molar-refractivity contribution in [1.29, 1.82) is 0 Å². The van der Waals surface area contributed by atoms with Crippen LogP contribution in [0.5, 0.6) is 0 Å². The molecule has 0 saturated carbocycles. The van der Waals surface area contributed by atoms with Gasteiger partial charge in [-0.05, 0) is 19.4 Å². The van der Waals surface area contributed by atoms with Crippen molar-refractivity contribution in [3.05, 3.63) is 0 Å². The molecule has 8 heteroatoms. The maximum Gasteiger partial charge on any atom is 0.323 e. The van der Waals surface area contributed by atoms with Crippen LogP contribution in [0.1, 0.15) is 12.8 Å². The van der Waals surface area contributed by atoms with E-state index in [1.807, 2.05) is 0 Å². The second-order valence-electron chi connectivity index (χ2n) is 4.42. The molecule has 5 N–H and O–H groups in total. The number of rotatable bonds is 7. The van der Waals surface area contributed by atoms with Crippen molar-refractivity contribution in [2.24, 2.45) is 0 Å². The number of hydrogen-bond donors (Lipinski definition) is 5. The van der Waals surface area contributed by atoms with E-state index in [0.29, 0.717) is 13.0 Å². The molecule has 5 atom stereocenters. The van der Waals surface area contributed by atoms with Gasteiger partial charge in [0.2, 0.25) is 0 Å². The van der Waals surface area contributed by atoms with E-state index < -0.39 is 43.0 Å². The highest BCUT2D eigenvalue weighted by Gasteiger charge is 2.35. The van der Waals surface area contributed by atoms with Gasteiger partial charge in [-0.15, -0.1) is 0 Å². The van der Waals surface area contributed by atoms with Gasteiger partial charge in [-0.1, -0.05) is 0 Å². The molecular formula is C11H19NO7. The van der Waals surface area contributed by atoms with E-state index in [4.69, 9.17) is 14.9 Å². The highest BCUT2D eigenvalue weighted by Crippen LogP contribution is 2.11. The minimum Gasteiger partial charge on any atom is -0.451 e. The molecule has 0 radical (unpaired) electrons. The van der Waals surface area contributed by atoms with Gasteiger partial charge in [-0.3, -0.25) is 9.59 Å². The van der Waals surface area contributed by atoms with Crippen molar-refractivity contribution in [3.63, 3.8) is 0 Å². The normalized spacial score (nSPS) is 25.4. The number of carbonyl (C=O) groups is 2. The van der Waals surface area contributed by atoms with Gasteiger partial charge < -0.3 is 30.5 Å². The first-order valence-corrected chi connectivity index (χ1v) is 6.05. The van der Waals surface area contributed by atoms with Gasteiger partial charge in [0, 0.05) is 0 Å². The molecule has 110 valence electrons. The Morgan fingerprint density at radius 1 is 1.37 bits per heavy atom. The van der Waals surface area contributed by atoms with Crippen molar-refractivity contribution in [2.75, 3.05) is 13.2 Å². The Kier molecular flexibility index (Phi) is 6.32. The van der Waals surface area contributed by atoms with E-state index in [1.165, 1.54) is 0 Å². The molecule has 0 amide bonds. The van der Waals surface area contributed by atoms with E-state index in [2.05, 4.69) is 5.32 Å². The Balaban J connectivity index is 2.56. The van der Waals surface area contributed by atoms with Gasteiger partial charge >= 0.3 is 5.97 Å². The molecule has 1 aliphatic heterocycles. The Labute approximate surface area is 110 Å². The maximum atomic E-state index is 11.6. The minimum absolute atomic E-state index is 0.171. The topological polar surface area (TPSA) is 136 Å². The largest absolute Gasteiger partial charge is 0.451 e. The summed E-state index contributed by atoms with van der Waals surface area (Å²) >= 11 is 0. The lowest BCUT2D eigenvalue weighted by molar-refractivity contribution is -0.169. The van der Waals surface area contributed by atoms with Gasteiger partial charge in [0.05, 0.1) is 6.61 Å². The number of ether oxygens (including phenoxy) is 1. The molecule has 1 heterocycles. The monoisotopic (exact) mass is 277 g/mol. The van der Waals surface area contributed by atoms with Crippen LogP contribution in [0, 0.1) is 0 Å². The molecule has 1 fully saturated rings. The van der Waals surface area contributed by atoms with E-state index >= 15 is 0 Å². The summed E-state index contributed by atoms with van der Waals surface area (Å²) in [6, 6.07) is -0.533. The van der Waals surface area contributed by atoms with Crippen molar-refractivity contribution in [1.82, 2.24) is 5.32 Å². The second-order valence-corrected chi connectivity index (χ2v) is 4.42. The molecule has 1 rings (SSSR count). The lowest BCUT2D eigenvalue weighted by Crippen LogP contribution is -2.49. The van der Waals surface area contributed by atoms with Crippen LogP contribution in [0.15, 0.2) is 0 Å². The first kappa shape index (κ1) is 16.0. The molecule has 1 saturated heterocycles. The molecule has 0 aliphatic carbocycles. The number of aliphatic hydroxyl groups is 4. The van der Waals surface area contributed by atoms with Crippen LogP contribution in [-0.2, 0) is 14.3 Å². The number of carbonyl (C=O) groups excluding carboxylic acids is 2. The Hall–Kier alpha value is -1.06. The summed E-state index contributed by atoms with van der Waals surface area (Å²) < 4.78 is 4.79. The van der Waals surface area contributed by atoms with E-state index in [9.17, 15) is 19.8 Å². The lowest BCUT2D eigenvalue weighted by atomic mass is 10.0. The summed E-state index contributed by atoms with van der Waals surface area (Å²) in [4.78, 5) is 22.4. The summed E-state index contributed by atoms with van der Waals surface area (Å²) in [6.45, 7) is -0.123. The highest BCUT2D eigenvalue weighted by molar-refractivity contribution is 5.78. The number of nitrogens with one attached hydrogen (secondary N) is 1. The van der Waals surface area contributed by atoms with Gasteiger partial charge in [-0.2, -0.15) is 0 Å². The van der Waals surface area contributed by atoms with Crippen LogP contribution in [-0.4, -0.2) is 76.3 Å². The fourth-order valence-corrected chi connectivity index (χ4v) is 1.81. The van der Waals surface area contributed by atoms with E-state index in [0.717, 1.165) is 6.42 Å². The van der Waals surface area contributed by atoms with Gasteiger partial charge in [0.25, 0.3) is 0 Å². The SMILES string of the molecule is O=C[C@H](OC(=O)[C@@H]1CCCN1)[C@@H](O)[C@@H](O)[C@H](O)CO. The van der Waals surface area contributed by atoms with Crippen LogP contribution >= 0.6 is 0 Å². The molecule has 0 spiro atoms. The van der Waals surface area contributed by atoms with Crippen LogP contribution in [0.3, 0.4) is 0 Å². The van der Waals surface area contributed by atoms with Crippen molar-refractivity contribution >= 4 is 12.3 Å². The first-order valence-electron chi connectivity index (χ1n) is 6.05. The van der Waals surface area contributed by atoms with Gasteiger partial charge in [0.1, 0.15) is 24.4 Å². The number of aldehydes is 1. The summed E-state index contributed by atoms with van der Waals surface area (Å²) in [6.07, 6.45) is -5.26. The van der Waals surface area contributed by atoms with Gasteiger partial charge in [0.15, 0.2) is 12.4 Å². The van der Waals surface area contributed by atoms with E-state index in [-0.39, 0.29) is 6.29 Å². The molecule has 0 aromatic heterocycles. The smallest absolute Gasteiger partial charge is 0.323 e. The molecule has 0 unspecified atom stereocenters. The van der Waals surface area contributed by atoms with Crippen molar-refractivity contribution < 1.29 is 34.8 Å². The third-order valence-electron chi connectivity index (χ3n) is 3.00. The first-order chi connectivity index (χ1) is 9.01. The Morgan fingerprint density at radius 2 is 2.05 bits per heavy atom. The maximum absolute atomic E-state index is 11.6. The molecule has 8 nitrogen and oxygen atoms in total. The lowest BCUT2D eigenvalue weighted by Gasteiger charge is -2.26. The Morgan fingerprint density at radius 3 is 2.53 bits per heavy atom. The fourth-order valence-electron chi connectivity index (χ4n) is 1.81. The average molecular weight is 277 g/mol. The predicted octanol–water partition coefficient (Wildman–Crippen LogP) is -3.08. The standard InChI is InChI=1S/C11H19NO7/c13-4-7(15)9(16)10(17)8(5-14)19-11(18)6-2-1-3-12-6/h5-10,12-13,15-17H,1-4H2/t6-,7+,8-,9-,10+/m0/s1. The van der Waals surface area contributed by atoms with Crippen molar-refractivity contribution in [2.45, 2.75) is 43.3 Å². The zero-order chi connectivity index (χ0) is 14.4. The third kappa shape index (κ3) is 4.22. The quantitative estimate of drug-likeness (QED) is 0.244. The van der Waals surface area contributed by atoms with Crippen LogP contribution < -0.4 is 5.32 Å². The number of aliphatic hydroxyl groups excluding tert-OH is 4. The summed E-state index contributed by atoms with van der Waals surface area (Å²) in [5.41, 5.74) is 0. The van der Waals surface area contributed by atoms with Crippen LogP contribution in [0.4, 0.5) is 0 Å². The summed E-state index contributed by atoms with van der Waals surface area (Å²) in [5.74, 6) is -0.695.